The van der Waals surface area contributed by atoms with Crippen molar-refractivity contribution in [1.29, 1.82) is 0 Å². The summed E-state index contributed by atoms with van der Waals surface area (Å²) in [6, 6.07) is 4.56. The standard InChI is InChI=1S/C15H13F3N2O3S/c1-9-19-10(8-24-9)6-14(22)23-7-13(21)20-12-5-3-2-4-11(12)15(16,17)18/h2-5,8H,6-7H2,1H3,(H,20,21). The van der Waals surface area contributed by atoms with Gasteiger partial charge in [-0.3, -0.25) is 9.59 Å². The first kappa shape index (κ1) is 17.9. The van der Waals surface area contributed by atoms with Gasteiger partial charge in [0.1, 0.15) is 0 Å². The van der Waals surface area contributed by atoms with Crippen LogP contribution in [0.5, 0.6) is 0 Å². The Labute approximate surface area is 139 Å². The van der Waals surface area contributed by atoms with Crippen LogP contribution in [0.4, 0.5) is 18.9 Å². The number of anilines is 1. The molecule has 0 spiro atoms. The highest BCUT2D eigenvalue weighted by Crippen LogP contribution is 2.34. The van der Waals surface area contributed by atoms with Gasteiger partial charge < -0.3 is 10.1 Å². The van der Waals surface area contributed by atoms with Crippen LogP contribution in [-0.2, 0) is 26.9 Å². The maximum Gasteiger partial charge on any atom is 0.418 e. The molecule has 0 aliphatic rings. The average molecular weight is 358 g/mol. The second-order valence-electron chi connectivity index (χ2n) is 4.79. The van der Waals surface area contributed by atoms with Crippen molar-refractivity contribution in [2.24, 2.45) is 0 Å². The minimum absolute atomic E-state index is 0.100. The second-order valence-corrected chi connectivity index (χ2v) is 5.85. The Morgan fingerprint density at radius 2 is 2.00 bits per heavy atom. The zero-order valence-corrected chi connectivity index (χ0v) is 13.3. The van der Waals surface area contributed by atoms with Crippen LogP contribution in [0.2, 0.25) is 0 Å². The van der Waals surface area contributed by atoms with Gasteiger partial charge in [-0.05, 0) is 19.1 Å². The highest BCUT2D eigenvalue weighted by atomic mass is 32.1. The molecule has 5 nitrogen and oxygen atoms in total. The van der Waals surface area contributed by atoms with E-state index in [2.05, 4.69) is 10.3 Å². The summed E-state index contributed by atoms with van der Waals surface area (Å²) in [5, 5.41) is 4.57. The highest BCUT2D eigenvalue weighted by molar-refractivity contribution is 7.09. The molecule has 24 heavy (non-hydrogen) atoms. The molecule has 1 aromatic heterocycles. The van der Waals surface area contributed by atoms with Gasteiger partial charge in [-0.25, -0.2) is 4.98 Å². The lowest BCUT2D eigenvalue weighted by Gasteiger charge is -2.13. The van der Waals surface area contributed by atoms with Gasteiger partial charge in [-0.15, -0.1) is 11.3 Å². The number of halogens is 3. The fraction of sp³-hybridized carbons (Fsp3) is 0.267. The molecule has 0 bridgehead atoms. The van der Waals surface area contributed by atoms with Gasteiger partial charge in [0.05, 0.1) is 28.4 Å². The van der Waals surface area contributed by atoms with E-state index in [1.807, 2.05) is 0 Å². The van der Waals surface area contributed by atoms with Crippen LogP contribution < -0.4 is 5.32 Å². The molecule has 1 amide bonds. The summed E-state index contributed by atoms with van der Waals surface area (Å²) in [5.74, 6) is -1.53. The van der Waals surface area contributed by atoms with Crippen molar-refractivity contribution in [3.8, 4) is 0 Å². The molecule has 0 aliphatic carbocycles. The summed E-state index contributed by atoms with van der Waals surface area (Å²) in [7, 11) is 0. The smallest absolute Gasteiger partial charge is 0.418 e. The summed E-state index contributed by atoms with van der Waals surface area (Å²) >= 11 is 1.37. The zero-order valence-electron chi connectivity index (χ0n) is 12.5. The molecule has 0 radical (unpaired) electrons. The van der Waals surface area contributed by atoms with Crippen molar-refractivity contribution in [2.45, 2.75) is 19.5 Å². The Morgan fingerprint density at radius 3 is 2.62 bits per heavy atom. The van der Waals surface area contributed by atoms with Crippen molar-refractivity contribution in [3.63, 3.8) is 0 Å². The predicted octanol–water partition coefficient (Wildman–Crippen LogP) is 3.19. The summed E-state index contributed by atoms with van der Waals surface area (Å²) in [6.45, 7) is 1.11. The Bertz CT molecular complexity index is 744. The molecule has 2 rings (SSSR count). The Balaban J connectivity index is 1.89. The normalized spacial score (nSPS) is 11.2. The molecule has 0 atom stereocenters. The van der Waals surface area contributed by atoms with E-state index in [4.69, 9.17) is 4.74 Å². The molecule has 128 valence electrons. The molecule has 0 fully saturated rings. The minimum atomic E-state index is -4.59. The summed E-state index contributed by atoms with van der Waals surface area (Å²) < 4.78 is 43.2. The van der Waals surface area contributed by atoms with Crippen LogP contribution in [0.1, 0.15) is 16.3 Å². The van der Waals surface area contributed by atoms with Gasteiger partial charge in [-0.2, -0.15) is 13.2 Å². The Morgan fingerprint density at radius 1 is 1.29 bits per heavy atom. The lowest BCUT2D eigenvalue weighted by atomic mass is 10.1. The average Bonchev–Trinajstić information content (AvgIpc) is 2.90. The quantitative estimate of drug-likeness (QED) is 0.834. The number of aromatic nitrogens is 1. The first-order valence-electron chi connectivity index (χ1n) is 6.78. The molecule has 1 heterocycles. The van der Waals surface area contributed by atoms with Crippen molar-refractivity contribution >= 4 is 28.9 Å². The second kappa shape index (κ2) is 7.43. The highest BCUT2D eigenvalue weighted by Gasteiger charge is 2.33. The summed E-state index contributed by atoms with van der Waals surface area (Å²) in [5.41, 5.74) is -0.839. The predicted molar refractivity (Wildman–Crippen MR) is 81.6 cm³/mol. The molecule has 2 aromatic rings. The first-order chi connectivity index (χ1) is 11.3. The first-order valence-corrected chi connectivity index (χ1v) is 7.66. The number of ether oxygens (including phenoxy) is 1. The molecular weight excluding hydrogens is 345 g/mol. The monoisotopic (exact) mass is 358 g/mol. The van der Waals surface area contributed by atoms with E-state index < -0.39 is 30.2 Å². The number of thiazole rings is 1. The van der Waals surface area contributed by atoms with E-state index in [9.17, 15) is 22.8 Å². The van der Waals surface area contributed by atoms with Crippen LogP contribution in [0.3, 0.4) is 0 Å². The number of hydrogen-bond donors (Lipinski definition) is 1. The Hall–Kier alpha value is -2.42. The Kier molecular flexibility index (Phi) is 5.55. The summed E-state index contributed by atoms with van der Waals surface area (Å²) in [6.07, 6.45) is -4.69. The van der Waals surface area contributed by atoms with Crippen LogP contribution in [-0.4, -0.2) is 23.5 Å². The van der Waals surface area contributed by atoms with Gasteiger partial charge in [0.15, 0.2) is 6.61 Å². The van der Waals surface area contributed by atoms with E-state index in [0.717, 1.165) is 17.1 Å². The molecule has 1 N–H and O–H groups in total. The molecule has 0 saturated heterocycles. The maximum atomic E-state index is 12.8. The number of rotatable bonds is 5. The largest absolute Gasteiger partial charge is 0.455 e. The lowest BCUT2D eigenvalue weighted by Crippen LogP contribution is -2.23. The number of amides is 1. The number of alkyl halides is 3. The number of aryl methyl sites for hydroxylation is 1. The van der Waals surface area contributed by atoms with Gasteiger partial charge in [-0.1, -0.05) is 12.1 Å². The van der Waals surface area contributed by atoms with E-state index >= 15 is 0 Å². The third-order valence-corrected chi connectivity index (χ3v) is 3.69. The fourth-order valence-electron chi connectivity index (χ4n) is 1.86. The number of benzene rings is 1. The number of esters is 1. The van der Waals surface area contributed by atoms with Crippen LogP contribution in [0, 0.1) is 6.92 Å². The van der Waals surface area contributed by atoms with Gasteiger partial charge >= 0.3 is 12.1 Å². The fourth-order valence-corrected chi connectivity index (χ4v) is 2.47. The topological polar surface area (TPSA) is 68.3 Å². The van der Waals surface area contributed by atoms with Crippen molar-refractivity contribution in [1.82, 2.24) is 4.98 Å². The van der Waals surface area contributed by atoms with Gasteiger partial charge in [0.2, 0.25) is 0 Å². The van der Waals surface area contributed by atoms with E-state index in [1.54, 1.807) is 12.3 Å². The van der Waals surface area contributed by atoms with Gasteiger partial charge in [0.25, 0.3) is 5.91 Å². The SMILES string of the molecule is Cc1nc(CC(=O)OCC(=O)Nc2ccccc2C(F)(F)F)cs1. The van der Waals surface area contributed by atoms with Crippen LogP contribution >= 0.6 is 11.3 Å². The van der Waals surface area contributed by atoms with Gasteiger partial charge in [0, 0.05) is 5.38 Å². The maximum absolute atomic E-state index is 12.8. The number of carbonyl (C=O) groups is 2. The molecular formula is C15H13F3N2O3S. The number of hydrogen-bond acceptors (Lipinski definition) is 5. The minimum Gasteiger partial charge on any atom is -0.455 e. The van der Waals surface area contributed by atoms with E-state index in [-0.39, 0.29) is 12.1 Å². The molecule has 0 saturated carbocycles. The number of carbonyl (C=O) groups excluding carboxylic acids is 2. The van der Waals surface area contributed by atoms with E-state index in [1.165, 1.54) is 23.5 Å². The van der Waals surface area contributed by atoms with Crippen LogP contribution in [0.15, 0.2) is 29.6 Å². The van der Waals surface area contributed by atoms with Crippen LogP contribution in [0.25, 0.3) is 0 Å². The summed E-state index contributed by atoms with van der Waals surface area (Å²) in [4.78, 5) is 27.3. The molecule has 0 aliphatic heterocycles. The van der Waals surface area contributed by atoms with Crippen molar-refractivity contribution in [3.05, 3.63) is 45.9 Å². The molecule has 0 unspecified atom stereocenters. The van der Waals surface area contributed by atoms with Crippen molar-refractivity contribution < 1.29 is 27.5 Å². The molecule has 1 aromatic carbocycles. The number of nitrogens with zero attached hydrogens (tertiary/aromatic N) is 1. The zero-order chi connectivity index (χ0) is 17.7. The molecule has 9 heteroatoms. The number of para-hydroxylation sites is 1. The van der Waals surface area contributed by atoms with Crippen molar-refractivity contribution in [2.75, 3.05) is 11.9 Å². The third-order valence-electron chi connectivity index (χ3n) is 2.86. The third kappa shape index (κ3) is 5.05. The number of nitrogens with one attached hydrogen (secondary N) is 1. The lowest BCUT2D eigenvalue weighted by molar-refractivity contribution is -0.146. The van der Waals surface area contributed by atoms with E-state index in [0.29, 0.717) is 5.69 Å².